The van der Waals surface area contributed by atoms with Gasteiger partial charge in [-0.25, -0.2) is 8.42 Å². The fourth-order valence-corrected chi connectivity index (χ4v) is 4.51. The van der Waals surface area contributed by atoms with Crippen molar-refractivity contribution in [2.45, 2.75) is 4.90 Å². The van der Waals surface area contributed by atoms with E-state index >= 15 is 0 Å². The Labute approximate surface area is 158 Å². The molecule has 1 heterocycles. The molecule has 1 amide bonds. The quantitative estimate of drug-likeness (QED) is 0.799. The van der Waals surface area contributed by atoms with Crippen LogP contribution in [0.25, 0.3) is 0 Å². The highest BCUT2D eigenvalue weighted by molar-refractivity contribution is 7.89. The van der Waals surface area contributed by atoms with E-state index in [0.29, 0.717) is 29.4 Å². The molecule has 1 aliphatic heterocycles. The van der Waals surface area contributed by atoms with Crippen molar-refractivity contribution in [3.05, 3.63) is 59.1 Å². The second-order valence-electron chi connectivity index (χ2n) is 5.85. The third-order valence-electron chi connectivity index (χ3n) is 4.30. The Morgan fingerprint density at radius 3 is 2.31 bits per heavy atom. The van der Waals surface area contributed by atoms with Crippen molar-refractivity contribution in [2.24, 2.45) is 0 Å². The number of halogens is 1. The molecule has 0 aliphatic carbocycles. The molecule has 26 heavy (non-hydrogen) atoms. The minimum Gasteiger partial charge on any atom is -0.496 e. The maximum atomic E-state index is 12.8. The molecule has 0 aromatic heterocycles. The van der Waals surface area contributed by atoms with E-state index in [1.807, 2.05) is 0 Å². The molecule has 0 radical (unpaired) electrons. The molecule has 0 spiro atoms. The first-order valence-corrected chi connectivity index (χ1v) is 9.93. The molecule has 6 nitrogen and oxygen atoms in total. The van der Waals surface area contributed by atoms with Gasteiger partial charge >= 0.3 is 0 Å². The van der Waals surface area contributed by atoms with Crippen molar-refractivity contribution >= 4 is 27.5 Å². The fraction of sp³-hybridized carbons (Fsp3) is 0.278. The first-order valence-electron chi connectivity index (χ1n) is 8.11. The topological polar surface area (TPSA) is 66.9 Å². The smallest absolute Gasteiger partial charge is 0.257 e. The zero-order chi connectivity index (χ0) is 18.7. The predicted molar refractivity (Wildman–Crippen MR) is 99.1 cm³/mol. The number of hydrogen-bond acceptors (Lipinski definition) is 4. The number of piperazine rings is 1. The third kappa shape index (κ3) is 3.70. The van der Waals surface area contributed by atoms with E-state index in [0.717, 1.165) is 0 Å². The van der Waals surface area contributed by atoms with E-state index in [2.05, 4.69) is 0 Å². The van der Waals surface area contributed by atoms with Gasteiger partial charge in [-0.3, -0.25) is 4.79 Å². The van der Waals surface area contributed by atoms with Crippen molar-refractivity contribution in [3.63, 3.8) is 0 Å². The van der Waals surface area contributed by atoms with Crippen LogP contribution < -0.4 is 4.74 Å². The summed E-state index contributed by atoms with van der Waals surface area (Å²) in [5, 5.41) is 0.444. The molecule has 2 aromatic rings. The molecule has 0 saturated carbocycles. The highest BCUT2D eigenvalue weighted by atomic mass is 35.5. The molecule has 2 aromatic carbocycles. The van der Waals surface area contributed by atoms with Gasteiger partial charge in [0.1, 0.15) is 5.75 Å². The van der Waals surface area contributed by atoms with Crippen molar-refractivity contribution < 1.29 is 17.9 Å². The van der Waals surface area contributed by atoms with Gasteiger partial charge in [-0.1, -0.05) is 29.8 Å². The molecule has 1 fully saturated rings. The van der Waals surface area contributed by atoms with Crippen LogP contribution in [0.1, 0.15) is 10.4 Å². The van der Waals surface area contributed by atoms with E-state index in [4.69, 9.17) is 16.3 Å². The number of nitrogens with zero attached hydrogens (tertiary/aromatic N) is 2. The number of carbonyl (C=O) groups excluding carboxylic acids is 1. The Morgan fingerprint density at radius 2 is 1.69 bits per heavy atom. The highest BCUT2D eigenvalue weighted by Gasteiger charge is 2.31. The molecule has 1 aliphatic rings. The number of rotatable bonds is 4. The lowest BCUT2D eigenvalue weighted by Crippen LogP contribution is -2.50. The number of amides is 1. The summed E-state index contributed by atoms with van der Waals surface area (Å²) in [5.74, 6) is 0.222. The first kappa shape index (κ1) is 18.7. The third-order valence-corrected chi connectivity index (χ3v) is 6.45. The number of sulfonamides is 1. The van der Waals surface area contributed by atoms with E-state index < -0.39 is 10.0 Å². The fourth-order valence-electron chi connectivity index (χ4n) is 2.89. The van der Waals surface area contributed by atoms with Gasteiger partial charge in [0.15, 0.2) is 0 Å². The lowest BCUT2D eigenvalue weighted by Gasteiger charge is -2.34. The van der Waals surface area contributed by atoms with Crippen LogP contribution in [0.4, 0.5) is 0 Å². The van der Waals surface area contributed by atoms with Gasteiger partial charge < -0.3 is 9.64 Å². The standard InChI is InChI=1S/C18H19ClN2O4S/c1-25-17-8-7-14(19)13-16(17)18(22)20-9-11-21(12-10-20)26(23,24)15-5-3-2-4-6-15/h2-8,13H,9-12H2,1H3. The lowest BCUT2D eigenvalue weighted by molar-refractivity contribution is 0.0694. The molecule has 8 heteroatoms. The largest absolute Gasteiger partial charge is 0.496 e. The lowest BCUT2D eigenvalue weighted by atomic mass is 10.1. The molecule has 3 rings (SSSR count). The van der Waals surface area contributed by atoms with Crippen LogP contribution in [0.2, 0.25) is 5.02 Å². The van der Waals surface area contributed by atoms with Crippen molar-refractivity contribution in [1.82, 2.24) is 9.21 Å². The Hall–Kier alpha value is -2.09. The number of ether oxygens (including phenoxy) is 1. The molecule has 0 unspecified atom stereocenters. The normalized spacial score (nSPS) is 15.7. The summed E-state index contributed by atoms with van der Waals surface area (Å²) >= 11 is 5.99. The molecular formula is C18H19ClN2O4S. The van der Waals surface area contributed by atoms with Crippen LogP contribution in [-0.4, -0.2) is 56.8 Å². The number of methoxy groups -OCH3 is 1. The van der Waals surface area contributed by atoms with E-state index in [9.17, 15) is 13.2 Å². The second kappa shape index (κ2) is 7.65. The molecule has 0 bridgehead atoms. The van der Waals surface area contributed by atoms with Crippen molar-refractivity contribution in [1.29, 1.82) is 0 Å². The van der Waals surface area contributed by atoms with Crippen LogP contribution in [-0.2, 0) is 10.0 Å². The SMILES string of the molecule is COc1ccc(Cl)cc1C(=O)N1CCN(S(=O)(=O)c2ccccc2)CC1. The summed E-state index contributed by atoms with van der Waals surface area (Å²) in [4.78, 5) is 14.7. The predicted octanol–water partition coefficient (Wildman–Crippen LogP) is 2.50. The second-order valence-corrected chi connectivity index (χ2v) is 8.23. The van der Waals surface area contributed by atoms with E-state index in [1.54, 1.807) is 53.4 Å². The van der Waals surface area contributed by atoms with Crippen molar-refractivity contribution in [3.8, 4) is 5.75 Å². The molecular weight excluding hydrogens is 376 g/mol. The van der Waals surface area contributed by atoms with Crippen LogP contribution in [0.5, 0.6) is 5.75 Å². The average molecular weight is 395 g/mol. The van der Waals surface area contributed by atoms with Gasteiger partial charge in [0, 0.05) is 31.2 Å². The Bertz CT molecular complexity index is 895. The minimum absolute atomic E-state index is 0.221. The minimum atomic E-state index is -3.55. The summed E-state index contributed by atoms with van der Waals surface area (Å²) in [6, 6.07) is 13.2. The molecule has 1 saturated heterocycles. The zero-order valence-electron chi connectivity index (χ0n) is 14.3. The Kier molecular flexibility index (Phi) is 5.50. The van der Waals surface area contributed by atoms with Crippen LogP contribution in [0, 0.1) is 0 Å². The average Bonchev–Trinajstić information content (AvgIpc) is 2.68. The van der Waals surface area contributed by atoms with Crippen LogP contribution >= 0.6 is 11.6 Å². The Balaban J connectivity index is 1.73. The summed E-state index contributed by atoms with van der Waals surface area (Å²) < 4.78 is 32.0. The van der Waals surface area contributed by atoms with Gasteiger partial charge in [-0.15, -0.1) is 0 Å². The maximum Gasteiger partial charge on any atom is 0.257 e. The highest BCUT2D eigenvalue weighted by Crippen LogP contribution is 2.25. The molecule has 0 atom stereocenters. The number of hydrogen-bond donors (Lipinski definition) is 0. The zero-order valence-corrected chi connectivity index (χ0v) is 15.8. The van der Waals surface area contributed by atoms with E-state index in [1.165, 1.54) is 11.4 Å². The first-order chi connectivity index (χ1) is 12.4. The number of benzene rings is 2. The number of carbonyl (C=O) groups is 1. The van der Waals surface area contributed by atoms with Gasteiger partial charge in [-0.2, -0.15) is 4.31 Å². The summed E-state index contributed by atoms with van der Waals surface area (Å²) in [5.41, 5.74) is 0.374. The summed E-state index contributed by atoms with van der Waals surface area (Å²) in [6.45, 7) is 1.10. The molecule has 138 valence electrons. The van der Waals surface area contributed by atoms with Gasteiger partial charge in [0.05, 0.1) is 17.6 Å². The summed E-state index contributed by atoms with van der Waals surface area (Å²) in [7, 11) is -2.06. The maximum absolute atomic E-state index is 12.8. The van der Waals surface area contributed by atoms with Gasteiger partial charge in [0.2, 0.25) is 10.0 Å². The molecule has 0 N–H and O–H groups in total. The van der Waals surface area contributed by atoms with E-state index in [-0.39, 0.29) is 23.9 Å². The monoisotopic (exact) mass is 394 g/mol. The summed E-state index contributed by atoms with van der Waals surface area (Å²) in [6.07, 6.45) is 0. The van der Waals surface area contributed by atoms with Gasteiger partial charge in [0.25, 0.3) is 5.91 Å². The van der Waals surface area contributed by atoms with Gasteiger partial charge in [-0.05, 0) is 30.3 Å². The Morgan fingerprint density at radius 1 is 1.04 bits per heavy atom. The van der Waals surface area contributed by atoms with Crippen LogP contribution in [0.3, 0.4) is 0 Å². The van der Waals surface area contributed by atoms with Crippen molar-refractivity contribution in [2.75, 3.05) is 33.3 Å². The van der Waals surface area contributed by atoms with Crippen LogP contribution in [0.15, 0.2) is 53.4 Å².